The van der Waals surface area contributed by atoms with E-state index in [0.717, 1.165) is 18.8 Å². The van der Waals surface area contributed by atoms with Crippen molar-refractivity contribution >= 4 is 51.4 Å². The zero-order valence-corrected chi connectivity index (χ0v) is 19.9. The number of aromatic nitrogens is 1. The van der Waals surface area contributed by atoms with Crippen LogP contribution in [0.4, 0.5) is 21.3 Å². The average molecular weight is 486 g/mol. The minimum absolute atomic E-state index is 0.0704. The topological polar surface area (TPSA) is 86.8 Å². The third-order valence-corrected chi connectivity index (χ3v) is 6.64. The number of para-hydroxylation sites is 2. The van der Waals surface area contributed by atoms with Gasteiger partial charge < -0.3 is 19.9 Å². The van der Waals surface area contributed by atoms with Crippen molar-refractivity contribution in [2.75, 3.05) is 48.8 Å². The quantitative estimate of drug-likeness (QED) is 0.546. The molecule has 1 aromatic heterocycles. The summed E-state index contributed by atoms with van der Waals surface area (Å²) in [5, 5.41) is 6.51. The van der Waals surface area contributed by atoms with Crippen molar-refractivity contribution < 1.29 is 14.3 Å². The van der Waals surface area contributed by atoms with E-state index < -0.39 is 6.03 Å². The molecule has 0 radical (unpaired) electrons. The lowest BCUT2D eigenvalue weighted by Gasteiger charge is -2.36. The second-order valence-corrected chi connectivity index (χ2v) is 8.90. The molecule has 0 aliphatic carbocycles. The fourth-order valence-corrected chi connectivity index (χ4v) is 4.67. The number of hydrogen-bond donors (Lipinski definition) is 2. The van der Waals surface area contributed by atoms with Crippen LogP contribution in [0.15, 0.2) is 48.5 Å². The molecule has 3 amide bonds. The van der Waals surface area contributed by atoms with Crippen LogP contribution in [0.1, 0.15) is 15.4 Å². The molecule has 0 spiro atoms. The van der Waals surface area contributed by atoms with E-state index in [1.54, 1.807) is 25.1 Å². The van der Waals surface area contributed by atoms with Gasteiger partial charge in [0.1, 0.15) is 10.6 Å². The number of aryl methyl sites for hydroxylation is 1. The zero-order chi connectivity index (χ0) is 23.4. The Kier molecular flexibility index (Phi) is 7.00. The summed E-state index contributed by atoms with van der Waals surface area (Å²) in [5.41, 5.74) is 2.23. The summed E-state index contributed by atoms with van der Waals surface area (Å²) >= 11 is 7.15. The highest BCUT2D eigenvalue weighted by molar-refractivity contribution is 7.17. The van der Waals surface area contributed by atoms with E-state index in [4.69, 9.17) is 16.3 Å². The fraction of sp³-hybridized carbons (Fsp3) is 0.261. The maximum Gasteiger partial charge on any atom is 0.325 e. The van der Waals surface area contributed by atoms with Gasteiger partial charge in [0.15, 0.2) is 5.13 Å². The van der Waals surface area contributed by atoms with Crippen LogP contribution < -0.4 is 20.3 Å². The van der Waals surface area contributed by atoms with Gasteiger partial charge in [-0.25, -0.2) is 9.78 Å². The Morgan fingerprint density at radius 1 is 1.03 bits per heavy atom. The number of amides is 3. The summed E-state index contributed by atoms with van der Waals surface area (Å²) in [5.74, 6) is 0.482. The number of halogens is 1. The number of piperazine rings is 1. The number of benzene rings is 2. The Morgan fingerprint density at radius 3 is 2.42 bits per heavy atom. The number of methoxy groups -OCH3 is 1. The van der Waals surface area contributed by atoms with E-state index in [1.807, 2.05) is 35.2 Å². The largest absolute Gasteiger partial charge is 0.495 e. The molecule has 33 heavy (non-hydrogen) atoms. The minimum Gasteiger partial charge on any atom is -0.495 e. The molecule has 10 heteroatoms. The van der Waals surface area contributed by atoms with E-state index in [-0.39, 0.29) is 5.91 Å². The first-order valence-corrected chi connectivity index (χ1v) is 11.6. The van der Waals surface area contributed by atoms with Gasteiger partial charge >= 0.3 is 6.03 Å². The first kappa shape index (κ1) is 22.9. The SMILES string of the molecule is COc1ccccc1NC(=O)Nc1nc(C)c(C(=O)N2CCN(c3ccc(Cl)cc3)CC2)s1. The van der Waals surface area contributed by atoms with Crippen molar-refractivity contribution in [2.45, 2.75) is 6.92 Å². The summed E-state index contributed by atoms with van der Waals surface area (Å²) in [7, 11) is 1.54. The molecule has 0 saturated carbocycles. The van der Waals surface area contributed by atoms with E-state index in [9.17, 15) is 9.59 Å². The number of hydrogen-bond acceptors (Lipinski definition) is 6. The minimum atomic E-state index is -0.455. The fourth-order valence-electron chi connectivity index (χ4n) is 3.61. The lowest BCUT2D eigenvalue weighted by atomic mass is 10.2. The van der Waals surface area contributed by atoms with Crippen LogP contribution in [0, 0.1) is 6.92 Å². The van der Waals surface area contributed by atoms with E-state index in [0.29, 0.717) is 45.3 Å². The van der Waals surface area contributed by atoms with E-state index >= 15 is 0 Å². The molecule has 2 aromatic carbocycles. The molecule has 1 aliphatic rings. The number of ether oxygens (including phenoxy) is 1. The Bertz CT molecular complexity index is 1140. The van der Waals surface area contributed by atoms with Crippen LogP contribution in [0.3, 0.4) is 0 Å². The first-order chi connectivity index (χ1) is 15.9. The molecule has 4 rings (SSSR count). The Morgan fingerprint density at radius 2 is 1.73 bits per heavy atom. The third-order valence-electron chi connectivity index (χ3n) is 5.33. The van der Waals surface area contributed by atoms with Crippen molar-refractivity contribution in [3.63, 3.8) is 0 Å². The molecule has 0 bridgehead atoms. The van der Waals surface area contributed by atoms with Gasteiger partial charge in [-0.15, -0.1) is 0 Å². The standard InChI is InChI=1S/C23H24ClN5O3S/c1-15-20(21(30)29-13-11-28(12-14-29)17-9-7-16(24)8-10-17)33-23(25-15)27-22(31)26-18-5-3-4-6-19(18)32-2/h3-10H,11-14H2,1-2H3,(H2,25,26,27,31). The maximum absolute atomic E-state index is 13.1. The van der Waals surface area contributed by atoms with Gasteiger partial charge in [0, 0.05) is 36.9 Å². The van der Waals surface area contributed by atoms with Gasteiger partial charge in [0.25, 0.3) is 5.91 Å². The monoisotopic (exact) mass is 485 g/mol. The molecular formula is C23H24ClN5O3S. The van der Waals surface area contributed by atoms with Crippen LogP contribution in [0.25, 0.3) is 0 Å². The highest BCUT2D eigenvalue weighted by Crippen LogP contribution is 2.27. The Labute approximate surface area is 201 Å². The van der Waals surface area contributed by atoms with E-state index in [2.05, 4.69) is 20.5 Å². The highest BCUT2D eigenvalue weighted by atomic mass is 35.5. The van der Waals surface area contributed by atoms with Crippen LogP contribution >= 0.6 is 22.9 Å². The van der Waals surface area contributed by atoms with Crippen molar-refractivity contribution in [2.24, 2.45) is 0 Å². The summed E-state index contributed by atoms with van der Waals surface area (Å²) in [6, 6.07) is 14.4. The van der Waals surface area contributed by atoms with Crippen molar-refractivity contribution in [1.82, 2.24) is 9.88 Å². The molecular weight excluding hydrogens is 462 g/mol. The van der Waals surface area contributed by atoms with Gasteiger partial charge in [0.05, 0.1) is 18.5 Å². The molecule has 0 atom stereocenters. The zero-order valence-electron chi connectivity index (χ0n) is 18.3. The van der Waals surface area contributed by atoms with Gasteiger partial charge in [-0.1, -0.05) is 35.1 Å². The molecule has 2 heterocycles. The third kappa shape index (κ3) is 5.37. The second-order valence-electron chi connectivity index (χ2n) is 7.47. The number of nitrogens with one attached hydrogen (secondary N) is 2. The molecule has 1 aliphatic heterocycles. The number of nitrogens with zero attached hydrogens (tertiary/aromatic N) is 3. The molecule has 0 unspecified atom stereocenters. The van der Waals surface area contributed by atoms with Crippen LogP contribution in [0.5, 0.6) is 5.75 Å². The van der Waals surface area contributed by atoms with E-state index in [1.165, 1.54) is 18.4 Å². The first-order valence-electron chi connectivity index (χ1n) is 10.4. The molecule has 8 nitrogen and oxygen atoms in total. The van der Waals surface area contributed by atoms with Crippen molar-refractivity contribution in [3.8, 4) is 5.75 Å². The Hall–Kier alpha value is -3.30. The number of carbonyl (C=O) groups is 2. The summed E-state index contributed by atoms with van der Waals surface area (Å²) in [6.07, 6.45) is 0. The van der Waals surface area contributed by atoms with Crippen molar-refractivity contribution in [1.29, 1.82) is 0 Å². The predicted molar refractivity (Wildman–Crippen MR) is 132 cm³/mol. The lowest BCUT2D eigenvalue weighted by molar-refractivity contribution is 0.0750. The second kappa shape index (κ2) is 10.1. The van der Waals surface area contributed by atoms with Crippen LogP contribution in [-0.2, 0) is 0 Å². The Balaban J connectivity index is 1.36. The molecule has 1 fully saturated rings. The predicted octanol–water partition coefficient (Wildman–Crippen LogP) is 4.72. The van der Waals surface area contributed by atoms with Crippen LogP contribution in [0.2, 0.25) is 5.02 Å². The number of carbonyl (C=O) groups excluding carboxylic acids is 2. The van der Waals surface area contributed by atoms with Crippen molar-refractivity contribution in [3.05, 3.63) is 64.1 Å². The van der Waals surface area contributed by atoms with Gasteiger partial charge in [-0.2, -0.15) is 0 Å². The summed E-state index contributed by atoms with van der Waals surface area (Å²) in [4.78, 5) is 34.5. The smallest absolute Gasteiger partial charge is 0.325 e. The number of rotatable bonds is 5. The van der Waals surface area contributed by atoms with Gasteiger partial charge in [-0.05, 0) is 43.3 Å². The maximum atomic E-state index is 13.1. The van der Waals surface area contributed by atoms with Gasteiger partial charge in [0.2, 0.25) is 0 Å². The van der Waals surface area contributed by atoms with Crippen LogP contribution in [-0.4, -0.2) is 55.1 Å². The average Bonchev–Trinajstić information content (AvgIpc) is 3.19. The highest BCUT2D eigenvalue weighted by Gasteiger charge is 2.26. The normalized spacial score (nSPS) is 13.5. The number of anilines is 3. The number of urea groups is 1. The molecule has 2 N–H and O–H groups in total. The molecule has 3 aromatic rings. The summed E-state index contributed by atoms with van der Waals surface area (Å²) < 4.78 is 5.24. The van der Waals surface area contributed by atoms with Gasteiger partial charge in [-0.3, -0.25) is 10.1 Å². The number of thiazole rings is 1. The molecule has 172 valence electrons. The molecule has 1 saturated heterocycles. The lowest BCUT2D eigenvalue weighted by Crippen LogP contribution is -2.48. The summed E-state index contributed by atoms with van der Waals surface area (Å²) in [6.45, 7) is 4.46.